The molecular formula is C13H26N2O2. The summed E-state index contributed by atoms with van der Waals surface area (Å²) < 4.78 is 4.60. The van der Waals surface area contributed by atoms with Crippen molar-refractivity contribution in [1.82, 2.24) is 10.2 Å². The molecule has 0 radical (unpaired) electrons. The van der Waals surface area contributed by atoms with Crippen molar-refractivity contribution in [1.29, 1.82) is 0 Å². The molecule has 1 aliphatic heterocycles. The molecule has 100 valence electrons. The van der Waals surface area contributed by atoms with E-state index < -0.39 is 0 Å². The van der Waals surface area contributed by atoms with E-state index >= 15 is 0 Å². The van der Waals surface area contributed by atoms with Gasteiger partial charge in [0.05, 0.1) is 7.11 Å². The Hall–Kier alpha value is -0.610. The third-order valence-corrected chi connectivity index (χ3v) is 3.42. The normalized spacial score (nSPS) is 18.9. The fourth-order valence-electron chi connectivity index (χ4n) is 2.26. The minimum atomic E-state index is -0.115. The average Bonchev–Trinajstić information content (AvgIpc) is 2.38. The lowest BCUT2D eigenvalue weighted by molar-refractivity contribution is -0.140. The monoisotopic (exact) mass is 242 g/mol. The fraction of sp³-hybridized carbons (Fsp3) is 0.923. The zero-order valence-corrected chi connectivity index (χ0v) is 11.2. The van der Waals surface area contributed by atoms with E-state index in [2.05, 4.69) is 21.9 Å². The van der Waals surface area contributed by atoms with Crippen molar-refractivity contribution in [2.45, 2.75) is 45.1 Å². The molecular weight excluding hydrogens is 216 g/mol. The predicted octanol–water partition coefficient (Wildman–Crippen LogP) is 1.40. The molecule has 1 rings (SSSR count). The minimum absolute atomic E-state index is 0.115. The average molecular weight is 242 g/mol. The van der Waals surface area contributed by atoms with Gasteiger partial charge >= 0.3 is 5.97 Å². The van der Waals surface area contributed by atoms with E-state index in [1.165, 1.54) is 39.5 Å². The van der Waals surface area contributed by atoms with Crippen LogP contribution in [0.3, 0.4) is 0 Å². The van der Waals surface area contributed by atoms with Crippen LogP contribution in [0.2, 0.25) is 0 Å². The molecule has 1 N–H and O–H groups in total. The van der Waals surface area contributed by atoms with Crippen LogP contribution in [0, 0.1) is 0 Å². The molecule has 1 saturated heterocycles. The van der Waals surface area contributed by atoms with Gasteiger partial charge in [0.25, 0.3) is 0 Å². The molecule has 0 aromatic carbocycles. The highest BCUT2D eigenvalue weighted by Crippen LogP contribution is 2.11. The van der Waals surface area contributed by atoms with E-state index in [-0.39, 0.29) is 5.97 Å². The summed E-state index contributed by atoms with van der Waals surface area (Å²) in [6, 6.07) is 0.605. The molecule has 0 aromatic rings. The summed E-state index contributed by atoms with van der Waals surface area (Å²) >= 11 is 0. The number of hydrogen-bond donors (Lipinski definition) is 1. The molecule has 1 atom stereocenters. The first-order chi connectivity index (χ1) is 8.24. The van der Waals surface area contributed by atoms with Gasteiger partial charge in [0.15, 0.2) is 0 Å². The van der Waals surface area contributed by atoms with Crippen LogP contribution in [0.15, 0.2) is 0 Å². The molecule has 0 bridgehead atoms. The second kappa shape index (κ2) is 8.48. The van der Waals surface area contributed by atoms with E-state index in [0.29, 0.717) is 12.5 Å². The van der Waals surface area contributed by atoms with Gasteiger partial charge in [-0.3, -0.25) is 9.69 Å². The highest BCUT2D eigenvalue weighted by molar-refractivity contribution is 5.69. The number of hydrogen-bond acceptors (Lipinski definition) is 4. The van der Waals surface area contributed by atoms with Gasteiger partial charge < -0.3 is 10.1 Å². The van der Waals surface area contributed by atoms with Crippen molar-refractivity contribution in [3.8, 4) is 0 Å². The van der Waals surface area contributed by atoms with E-state index in [9.17, 15) is 4.79 Å². The summed E-state index contributed by atoms with van der Waals surface area (Å²) in [7, 11) is 1.44. The van der Waals surface area contributed by atoms with Crippen LogP contribution >= 0.6 is 0 Å². The molecule has 1 aliphatic rings. The van der Waals surface area contributed by atoms with Gasteiger partial charge in [-0.15, -0.1) is 0 Å². The number of nitrogens with zero attached hydrogens (tertiary/aromatic N) is 1. The second-order valence-electron chi connectivity index (χ2n) is 4.83. The van der Waals surface area contributed by atoms with E-state index in [0.717, 1.165) is 19.5 Å². The second-order valence-corrected chi connectivity index (χ2v) is 4.83. The Kier molecular flexibility index (Phi) is 7.21. The molecule has 0 aromatic heterocycles. The van der Waals surface area contributed by atoms with Crippen molar-refractivity contribution in [3.05, 3.63) is 0 Å². The summed E-state index contributed by atoms with van der Waals surface area (Å²) in [6.45, 7) is 6.67. The number of carbonyl (C=O) groups excluding carboxylic acids is 1. The lowest BCUT2D eigenvalue weighted by Gasteiger charge is -2.32. The number of esters is 1. The molecule has 0 spiro atoms. The molecule has 1 heterocycles. The highest BCUT2D eigenvalue weighted by Gasteiger charge is 2.15. The van der Waals surface area contributed by atoms with Crippen molar-refractivity contribution in [2.75, 3.05) is 33.3 Å². The molecule has 1 unspecified atom stereocenters. The van der Waals surface area contributed by atoms with E-state index in [1.54, 1.807) is 0 Å². The van der Waals surface area contributed by atoms with Crippen LogP contribution in [-0.4, -0.2) is 50.2 Å². The summed E-state index contributed by atoms with van der Waals surface area (Å²) in [5.74, 6) is -0.115. The first-order valence-electron chi connectivity index (χ1n) is 6.75. The van der Waals surface area contributed by atoms with Crippen molar-refractivity contribution in [3.63, 3.8) is 0 Å². The lowest BCUT2D eigenvalue weighted by atomic mass is 10.1. The molecule has 0 amide bonds. The number of likely N-dealkylation sites (tertiary alicyclic amines) is 1. The Morgan fingerprint density at radius 2 is 2.06 bits per heavy atom. The maximum Gasteiger partial charge on any atom is 0.305 e. The highest BCUT2D eigenvalue weighted by atomic mass is 16.5. The summed E-state index contributed by atoms with van der Waals surface area (Å²) in [6.07, 6.45) is 5.44. The van der Waals surface area contributed by atoms with Crippen LogP contribution in [-0.2, 0) is 9.53 Å². The quantitative estimate of drug-likeness (QED) is 0.541. The Bertz CT molecular complexity index is 215. The number of methoxy groups -OCH3 is 1. The van der Waals surface area contributed by atoms with Crippen LogP contribution in [0.5, 0.6) is 0 Å². The van der Waals surface area contributed by atoms with Gasteiger partial charge in [-0.1, -0.05) is 6.42 Å². The summed E-state index contributed by atoms with van der Waals surface area (Å²) in [5, 5.41) is 3.41. The van der Waals surface area contributed by atoms with Crippen LogP contribution in [0.25, 0.3) is 0 Å². The van der Waals surface area contributed by atoms with Crippen LogP contribution in [0.4, 0.5) is 0 Å². The Morgan fingerprint density at radius 1 is 1.35 bits per heavy atom. The van der Waals surface area contributed by atoms with Gasteiger partial charge in [-0.05, 0) is 45.8 Å². The van der Waals surface area contributed by atoms with E-state index in [1.807, 2.05) is 0 Å². The standard InChI is InChI=1S/C13H26N2O2/c1-12(15-9-4-3-5-10-15)11-14-8-6-7-13(16)17-2/h12,14H,3-11H2,1-2H3. The van der Waals surface area contributed by atoms with Gasteiger partial charge in [0.2, 0.25) is 0 Å². The topological polar surface area (TPSA) is 41.6 Å². The molecule has 4 heteroatoms. The largest absolute Gasteiger partial charge is 0.469 e. The van der Waals surface area contributed by atoms with Gasteiger partial charge in [-0.25, -0.2) is 0 Å². The number of carbonyl (C=O) groups is 1. The maximum absolute atomic E-state index is 10.9. The summed E-state index contributed by atoms with van der Waals surface area (Å²) in [4.78, 5) is 13.5. The lowest BCUT2D eigenvalue weighted by Crippen LogP contribution is -2.43. The SMILES string of the molecule is COC(=O)CCCNCC(C)N1CCCCC1. The van der Waals surface area contributed by atoms with Crippen molar-refractivity contribution >= 4 is 5.97 Å². The Balaban J connectivity index is 1.99. The zero-order valence-electron chi connectivity index (χ0n) is 11.2. The molecule has 1 fully saturated rings. The zero-order chi connectivity index (χ0) is 12.5. The van der Waals surface area contributed by atoms with Crippen molar-refractivity contribution in [2.24, 2.45) is 0 Å². The fourth-order valence-corrected chi connectivity index (χ4v) is 2.26. The Labute approximate surface area is 105 Å². The molecule has 17 heavy (non-hydrogen) atoms. The van der Waals surface area contributed by atoms with Gasteiger partial charge in [-0.2, -0.15) is 0 Å². The van der Waals surface area contributed by atoms with Gasteiger partial charge in [0, 0.05) is 19.0 Å². The van der Waals surface area contributed by atoms with Crippen LogP contribution in [0.1, 0.15) is 39.0 Å². The number of piperidine rings is 1. The Morgan fingerprint density at radius 3 is 2.71 bits per heavy atom. The van der Waals surface area contributed by atoms with Crippen LogP contribution < -0.4 is 5.32 Å². The third-order valence-electron chi connectivity index (χ3n) is 3.42. The number of rotatable bonds is 7. The smallest absolute Gasteiger partial charge is 0.305 e. The van der Waals surface area contributed by atoms with Crippen molar-refractivity contribution < 1.29 is 9.53 Å². The minimum Gasteiger partial charge on any atom is -0.469 e. The predicted molar refractivity (Wildman–Crippen MR) is 69.0 cm³/mol. The molecule has 0 aliphatic carbocycles. The maximum atomic E-state index is 10.9. The van der Waals surface area contributed by atoms with Gasteiger partial charge in [0.1, 0.15) is 0 Å². The molecule has 4 nitrogen and oxygen atoms in total. The van der Waals surface area contributed by atoms with E-state index in [4.69, 9.17) is 0 Å². The first-order valence-corrected chi connectivity index (χ1v) is 6.75. The summed E-state index contributed by atoms with van der Waals surface area (Å²) in [5.41, 5.74) is 0. The number of ether oxygens (including phenoxy) is 1. The third kappa shape index (κ3) is 6.03. The molecule has 0 saturated carbocycles. The first kappa shape index (κ1) is 14.5. The number of nitrogens with one attached hydrogen (secondary N) is 1.